The molecule has 0 radical (unpaired) electrons. The van der Waals surface area contributed by atoms with Crippen LogP contribution in [0.15, 0.2) is 0 Å². The van der Waals surface area contributed by atoms with E-state index < -0.39 is 0 Å². The average molecular weight is 221 g/mol. The SMILES string of the molecule is C1CCC2(CC1)CCC1(CCNCC1)CC2. The lowest BCUT2D eigenvalue weighted by atomic mass is 9.57. The monoisotopic (exact) mass is 221 g/mol. The molecule has 92 valence electrons. The van der Waals surface area contributed by atoms with Gasteiger partial charge in [-0.15, -0.1) is 0 Å². The van der Waals surface area contributed by atoms with Gasteiger partial charge < -0.3 is 5.32 Å². The highest BCUT2D eigenvalue weighted by Gasteiger charge is 2.43. The second-order valence-corrected chi connectivity index (χ2v) is 6.81. The molecule has 2 saturated carbocycles. The minimum atomic E-state index is 0.772. The molecule has 2 aliphatic carbocycles. The van der Waals surface area contributed by atoms with Crippen molar-refractivity contribution in [2.45, 2.75) is 70.6 Å². The summed E-state index contributed by atoms with van der Waals surface area (Å²) in [6, 6.07) is 0. The first-order chi connectivity index (χ1) is 7.83. The highest BCUT2D eigenvalue weighted by molar-refractivity contribution is 4.95. The van der Waals surface area contributed by atoms with Crippen LogP contribution in [0.1, 0.15) is 70.6 Å². The van der Waals surface area contributed by atoms with Crippen LogP contribution in [-0.2, 0) is 0 Å². The highest BCUT2D eigenvalue weighted by Crippen LogP contribution is 2.54. The molecule has 0 amide bonds. The van der Waals surface area contributed by atoms with E-state index in [-0.39, 0.29) is 0 Å². The second kappa shape index (κ2) is 4.33. The van der Waals surface area contributed by atoms with E-state index in [0.29, 0.717) is 0 Å². The van der Waals surface area contributed by atoms with Crippen LogP contribution in [0.5, 0.6) is 0 Å². The van der Waals surface area contributed by atoms with Crippen molar-refractivity contribution >= 4 is 0 Å². The number of nitrogens with one attached hydrogen (secondary N) is 1. The largest absolute Gasteiger partial charge is 0.317 e. The van der Waals surface area contributed by atoms with Crippen LogP contribution in [0.2, 0.25) is 0 Å². The van der Waals surface area contributed by atoms with E-state index in [2.05, 4.69) is 5.32 Å². The van der Waals surface area contributed by atoms with Crippen molar-refractivity contribution in [2.24, 2.45) is 10.8 Å². The van der Waals surface area contributed by atoms with E-state index in [1.165, 1.54) is 45.2 Å². The van der Waals surface area contributed by atoms with Gasteiger partial charge in [-0.3, -0.25) is 0 Å². The number of hydrogen-bond donors (Lipinski definition) is 1. The number of piperidine rings is 1. The van der Waals surface area contributed by atoms with Crippen molar-refractivity contribution in [2.75, 3.05) is 13.1 Å². The fourth-order valence-electron chi connectivity index (χ4n) is 4.57. The third kappa shape index (κ3) is 2.03. The first-order valence-electron chi connectivity index (χ1n) is 7.54. The summed E-state index contributed by atoms with van der Waals surface area (Å²) in [5, 5.41) is 3.53. The quantitative estimate of drug-likeness (QED) is 0.654. The summed E-state index contributed by atoms with van der Waals surface area (Å²) >= 11 is 0. The molecule has 3 rings (SSSR count). The predicted octanol–water partition coefficient (Wildman–Crippen LogP) is 3.88. The van der Waals surface area contributed by atoms with Crippen LogP contribution in [-0.4, -0.2) is 13.1 Å². The fraction of sp³-hybridized carbons (Fsp3) is 1.00. The third-order valence-electron chi connectivity index (χ3n) is 5.95. The molecule has 1 N–H and O–H groups in total. The van der Waals surface area contributed by atoms with E-state index in [9.17, 15) is 0 Å². The lowest BCUT2D eigenvalue weighted by Crippen LogP contribution is -2.42. The Morgan fingerprint density at radius 2 is 1.00 bits per heavy atom. The Bertz CT molecular complexity index is 196. The normalized spacial score (nSPS) is 33.0. The zero-order valence-electron chi connectivity index (χ0n) is 10.7. The van der Waals surface area contributed by atoms with Gasteiger partial charge in [-0.2, -0.15) is 0 Å². The standard InChI is InChI=1S/C15H27N/c1-2-4-14(5-3-1)6-8-15(9-7-14)10-12-16-13-11-15/h16H,1-13H2. The van der Waals surface area contributed by atoms with Crippen molar-refractivity contribution in [1.82, 2.24) is 5.32 Å². The van der Waals surface area contributed by atoms with Gasteiger partial charge >= 0.3 is 0 Å². The Hall–Kier alpha value is -0.0400. The minimum Gasteiger partial charge on any atom is -0.317 e. The summed E-state index contributed by atoms with van der Waals surface area (Å²) in [6.45, 7) is 2.57. The molecular weight excluding hydrogens is 194 g/mol. The lowest BCUT2D eigenvalue weighted by molar-refractivity contribution is 0.0272. The predicted molar refractivity (Wildman–Crippen MR) is 68.5 cm³/mol. The van der Waals surface area contributed by atoms with Crippen LogP contribution in [0.3, 0.4) is 0 Å². The van der Waals surface area contributed by atoms with E-state index >= 15 is 0 Å². The van der Waals surface area contributed by atoms with Gasteiger partial charge in [-0.05, 0) is 75.3 Å². The molecule has 1 heteroatoms. The minimum absolute atomic E-state index is 0.772. The van der Waals surface area contributed by atoms with Crippen LogP contribution in [0, 0.1) is 10.8 Å². The van der Waals surface area contributed by atoms with Crippen LogP contribution >= 0.6 is 0 Å². The lowest BCUT2D eigenvalue weighted by Gasteiger charge is -2.50. The summed E-state index contributed by atoms with van der Waals surface area (Å²) in [7, 11) is 0. The third-order valence-corrected chi connectivity index (χ3v) is 5.95. The van der Waals surface area contributed by atoms with Crippen molar-refractivity contribution in [3.63, 3.8) is 0 Å². The summed E-state index contributed by atoms with van der Waals surface area (Å²) in [5.41, 5.74) is 1.59. The Morgan fingerprint density at radius 1 is 0.500 bits per heavy atom. The molecule has 3 aliphatic rings. The molecule has 1 saturated heterocycles. The van der Waals surface area contributed by atoms with E-state index in [0.717, 1.165) is 10.8 Å². The Balaban J connectivity index is 1.61. The maximum atomic E-state index is 3.53. The van der Waals surface area contributed by atoms with E-state index in [1.54, 1.807) is 38.5 Å². The molecule has 0 unspecified atom stereocenters. The van der Waals surface area contributed by atoms with Crippen molar-refractivity contribution < 1.29 is 0 Å². The molecule has 1 nitrogen and oxygen atoms in total. The van der Waals surface area contributed by atoms with Gasteiger partial charge in [0.25, 0.3) is 0 Å². The molecule has 1 aliphatic heterocycles. The Morgan fingerprint density at radius 3 is 1.56 bits per heavy atom. The molecular formula is C15H27N. The summed E-state index contributed by atoms with van der Waals surface area (Å²) in [4.78, 5) is 0. The van der Waals surface area contributed by atoms with Crippen LogP contribution in [0.25, 0.3) is 0 Å². The van der Waals surface area contributed by atoms with Crippen molar-refractivity contribution in [1.29, 1.82) is 0 Å². The highest BCUT2D eigenvalue weighted by atomic mass is 14.9. The summed E-state index contributed by atoms with van der Waals surface area (Å²) < 4.78 is 0. The number of rotatable bonds is 0. The molecule has 3 fully saturated rings. The van der Waals surface area contributed by atoms with Crippen LogP contribution in [0.4, 0.5) is 0 Å². The van der Waals surface area contributed by atoms with Crippen LogP contribution < -0.4 is 5.32 Å². The molecule has 16 heavy (non-hydrogen) atoms. The van der Waals surface area contributed by atoms with E-state index in [4.69, 9.17) is 0 Å². The molecule has 2 spiro atoms. The second-order valence-electron chi connectivity index (χ2n) is 6.81. The molecule has 0 aromatic carbocycles. The van der Waals surface area contributed by atoms with Gasteiger partial charge in [-0.25, -0.2) is 0 Å². The zero-order chi connectivity index (χ0) is 10.9. The fourth-order valence-corrected chi connectivity index (χ4v) is 4.57. The number of hydrogen-bond acceptors (Lipinski definition) is 1. The van der Waals surface area contributed by atoms with Gasteiger partial charge in [-0.1, -0.05) is 19.3 Å². The smallest absolute Gasteiger partial charge is 0.00436 e. The Kier molecular flexibility index (Phi) is 2.99. The summed E-state index contributed by atoms with van der Waals surface area (Å²) in [5.74, 6) is 0. The maximum Gasteiger partial charge on any atom is -0.00436 e. The molecule has 0 aromatic rings. The van der Waals surface area contributed by atoms with Gasteiger partial charge in [0.2, 0.25) is 0 Å². The zero-order valence-corrected chi connectivity index (χ0v) is 10.7. The molecule has 1 heterocycles. The average Bonchev–Trinajstić information content (AvgIpc) is 2.36. The summed E-state index contributed by atoms with van der Waals surface area (Å²) in [6.07, 6.45) is 16.8. The van der Waals surface area contributed by atoms with Gasteiger partial charge in [0.15, 0.2) is 0 Å². The molecule has 0 atom stereocenters. The maximum absolute atomic E-state index is 3.53. The topological polar surface area (TPSA) is 12.0 Å². The van der Waals surface area contributed by atoms with Gasteiger partial charge in [0, 0.05) is 0 Å². The van der Waals surface area contributed by atoms with Gasteiger partial charge in [0.05, 0.1) is 0 Å². The molecule has 0 aromatic heterocycles. The molecule has 0 bridgehead atoms. The Labute approximate surface area is 100 Å². The van der Waals surface area contributed by atoms with E-state index in [1.807, 2.05) is 0 Å². The van der Waals surface area contributed by atoms with Gasteiger partial charge in [0.1, 0.15) is 0 Å². The first-order valence-corrected chi connectivity index (χ1v) is 7.54. The van der Waals surface area contributed by atoms with Crippen molar-refractivity contribution in [3.8, 4) is 0 Å². The van der Waals surface area contributed by atoms with Crippen molar-refractivity contribution in [3.05, 3.63) is 0 Å². The first kappa shape index (κ1) is 11.1.